The van der Waals surface area contributed by atoms with Crippen LogP contribution in [0.15, 0.2) is 41.5 Å². The van der Waals surface area contributed by atoms with Gasteiger partial charge in [0.05, 0.1) is 0 Å². The molecule has 42 heavy (non-hydrogen) atoms. The quantitative estimate of drug-likeness (QED) is 0.429. The van der Waals surface area contributed by atoms with Crippen molar-refractivity contribution in [3.63, 3.8) is 0 Å². The van der Waals surface area contributed by atoms with E-state index >= 15 is 0 Å². The van der Waals surface area contributed by atoms with Crippen molar-refractivity contribution in [2.24, 2.45) is 7.05 Å². The van der Waals surface area contributed by atoms with E-state index in [1.807, 2.05) is 19.2 Å². The Morgan fingerprint density at radius 2 is 1.50 bits per heavy atom. The molecule has 1 fully saturated rings. The summed E-state index contributed by atoms with van der Waals surface area (Å²) < 4.78 is 80.2. The van der Waals surface area contributed by atoms with Crippen molar-refractivity contribution in [3.8, 4) is 11.5 Å². The van der Waals surface area contributed by atoms with E-state index in [9.17, 15) is 35.5 Å². The van der Waals surface area contributed by atoms with Crippen LogP contribution in [0.4, 0.5) is 30.7 Å². The topological polar surface area (TPSA) is 143 Å². The van der Waals surface area contributed by atoms with E-state index < -0.39 is 24.3 Å². The van der Waals surface area contributed by atoms with Gasteiger partial charge in [0, 0.05) is 44.5 Å². The highest BCUT2D eigenvalue weighted by Gasteiger charge is 2.47. The molecule has 1 saturated heterocycles. The summed E-state index contributed by atoms with van der Waals surface area (Å²) in [4.78, 5) is 37.4. The first-order valence-electron chi connectivity index (χ1n) is 12.0. The second-order valence-electron chi connectivity index (χ2n) is 9.41. The molecule has 0 bridgehead atoms. The number of nitrogens with zero attached hydrogens (tertiary/aromatic N) is 6. The Morgan fingerprint density at radius 1 is 0.952 bits per heavy atom. The smallest absolute Gasteiger partial charge is 0.475 e. The van der Waals surface area contributed by atoms with Crippen LogP contribution in [0.25, 0.3) is 11.5 Å². The Labute approximate surface area is 231 Å². The molecule has 2 aliphatic rings. The Balaban J connectivity index is 0.000000289. The predicted octanol–water partition coefficient (Wildman–Crippen LogP) is 2.99. The highest BCUT2D eigenvalue weighted by Crippen LogP contribution is 2.41. The molecule has 228 valence electrons. The number of aliphatic carboxylic acids is 2. The number of halogens is 7. The summed E-state index contributed by atoms with van der Waals surface area (Å²) in [5.74, 6) is -4.40. The molecule has 1 aromatic carbocycles. The van der Waals surface area contributed by atoms with Crippen LogP contribution in [-0.2, 0) is 35.1 Å². The first-order valence-corrected chi connectivity index (χ1v) is 12.0. The molecular formula is C24H23F7N6O5. The third kappa shape index (κ3) is 7.48. The van der Waals surface area contributed by atoms with Crippen LogP contribution < -0.4 is 5.56 Å². The number of carbonyl (C=O) groups is 2. The lowest BCUT2D eigenvalue weighted by molar-refractivity contribution is -0.193. The van der Waals surface area contributed by atoms with Crippen LogP contribution in [0.3, 0.4) is 0 Å². The molecule has 11 nitrogen and oxygen atoms in total. The van der Waals surface area contributed by atoms with Gasteiger partial charge in [0.1, 0.15) is 11.6 Å². The summed E-state index contributed by atoms with van der Waals surface area (Å²) >= 11 is 0. The van der Waals surface area contributed by atoms with Crippen molar-refractivity contribution in [1.82, 2.24) is 29.2 Å². The van der Waals surface area contributed by atoms with Gasteiger partial charge < -0.3 is 14.8 Å². The minimum Gasteiger partial charge on any atom is -0.475 e. The van der Waals surface area contributed by atoms with Crippen LogP contribution in [0.5, 0.6) is 0 Å². The van der Waals surface area contributed by atoms with E-state index in [4.69, 9.17) is 19.8 Å². The third-order valence-electron chi connectivity index (χ3n) is 6.51. The van der Waals surface area contributed by atoms with E-state index in [1.165, 1.54) is 12.1 Å². The number of carboxylic acid groups (broad SMARTS) is 2. The number of hydrogen-bond acceptors (Lipinski definition) is 7. The lowest BCUT2D eigenvalue weighted by Gasteiger charge is -2.23. The minimum absolute atomic E-state index is 0.117. The molecule has 2 aliphatic heterocycles. The second kappa shape index (κ2) is 12.3. The number of imidazole rings is 1. The van der Waals surface area contributed by atoms with Gasteiger partial charge in [-0.05, 0) is 37.1 Å². The molecule has 4 heterocycles. The standard InChI is InChI=1S/C20H21FN6O.2C2HF3O2/c1-25-11-8-22-17(25)16-18(28)27-10-7-20(19(27)24-23-16)6-9-26(13-20)12-14-2-4-15(21)5-3-14;2*3-2(4,5)1(6)7/h2-5,8,11H,6-7,9-10,12-13H2,1H3;2*(H,6,7). The number of carboxylic acids is 2. The molecule has 2 N–H and O–H groups in total. The van der Waals surface area contributed by atoms with E-state index in [2.05, 4.69) is 20.1 Å². The van der Waals surface area contributed by atoms with Gasteiger partial charge in [-0.1, -0.05) is 12.1 Å². The fourth-order valence-electron chi connectivity index (χ4n) is 4.52. The van der Waals surface area contributed by atoms with E-state index in [1.54, 1.807) is 21.5 Å². The van der Waals surface area contributed by atoms with Gasteiger partial charge in [0.2, 0.25) is 0 Å². The van der Waals surface area contributed by atoms with Crippen molar-refractivity contribution in [1.29, 1.82) is 0 Å². The fourth-order valence-corrected chi connectivity index (χ4v) is 4.52. The number of rotatable bonds is 3. The number of hydrogen-bond donors (Lipinski definition) is 2. The molecule has 1 atom stereocenters. The molecule has 0 aliphatic carbocycles. The van der Waals surface area contributed by atoms with Crippen LogP contribution in [-0.4, -0.2) is 76.8 Å². The van der Waals surface area contributed by atoms with E-state index in [0.29, 0.717) is 18.1 Å². The zero-order valence-electron chi connectivity index (χ0n) is 21.7. The Kier molecular flexibility index (Phi) is 9.39. The monoisotopic (exact) mass is 608 g/mol. The maximum Gasteiger partial charge on any atom is 0.490 e. The van der Waals surface area contributed by atoms with Gasteiger partial charge in [-0.2, -0.15) is 26.3 Å². The van der Waals surface area contributed by atoms with Crippen LogP contribution in [0.2, 0.25) is 0 Å². The molecule has 0 radical (unpaired) electrons. The average Bonchev–Trinajstić information content (AvgIpc) is 3.60. The third-order valence-corrected chi connectivity index (χ3v) is 6.51. The van der Waals surface area contributed by atoms with E-state index in [-0.39, 0.29) is 16.8 Å². The molecular weight excluding hydrogens is 585 g/mol. The van der Waals surface area contributed by atoms with Crippen LogP contribution in [0, 0.1) is 5.82 Å². The van der Waals surface area contributed by atoms with Gasteiger partial charge in [-0.25, -0.2) is 19.0 Å². The van der Waals surface area contributed by atoms with Gasteiger partial charge >= 0.3 is 24.3 Å². The molecule has 1 unspecified atom stereocenters. The van der Waals surface area contributed by atoms with E-state index in [0.717, 1.165) is 43.9 Å². The van der Waals surface area contributed by atoms with Gasteiger partial charge in [0.25, 0.3) is 5.56 Å². The summed E-state index contributed by atoms with van der Waals surface area (Å²) in [6.45, 7) is 3.19. The molecule has 0 amide bonds. The number of alkyl halides is 6. The Bertz CT molecular complexity index is 1460. The van der Waals surface area contributed by atoms with Crippen molar-refractivity contribution >= 4 is 11.9 Å². The predicted molar refractivity (Wildman–Crippen MR) is 128 cm³/mol. The normalized spacial score (nSPS) is 18.1. The Morgan fingerprint density at radius 3 is 2.00 bits per heavy atom. The molecule has 5 rings (SSSR count). The summed E-state index contributed by atoms with van der Waals surface area (Å²) in [5, 5.41) is 23.0. The maximum absolute atomic E-state index is 13.1. The SMILES string of the molecule is Cn1ccnc1-c1nnc2n(c1=O)CCC21CCN(Cc2ccc(F)cc2)C1.O=C(O)C(F)(F)F.O=C(O)C(F)(F)F. The highest BCUT2D eigenvalue weighted by molar-refractivity contribution is 5.73. The first kappa shape index (κ1) is 32.2. The van der Waals surface area contributed by atoms with Crippen LogP contribution in [0.1, 0.15) is 24.2 Å². The molecule has 18 heteroatoms. The molecule has 3 aromatic rings. The number of likely N-dealkylation sites (tertiary alicyclic amines) is 1. The summed E-state index contributed by atoms with van der Waals surface area (Å²) in [7, 11) is 1.84. The number of aryl methyl sites for hydroxylation is 1. The van der Waals surface area contributed by atoms with Gasteiger partial charge in [0.15, 0.2) is 11.5 Å². The highest BCUT2D eigenvalue weighted by atomic mass is 19.4. The van der Waals surface area contributed by atoms with Crippen molar-refractivity contribution in [3.05, 3.63) is 64.2 Å². The lowest BCUT2D eigenvalue weighted by atomic mass is 9.85. The molecule has 0 saturated carbocycles. The van der Waals surface area contributed by atoms with Gasteiger partial charge in [-0.3, -0.25) is 14.3 Å². The average molecular weight is 608 g/mol. The maximum atomic E-state index is 13.1. The first-order chi connectivity index (χ1) is 19.4. The van der Waals surface area contributed by atoms with Crippen LogP contribution >= 0.6 is 0 Å². The number of benzene rings is 1. The summed E-state index contributed by atoms with van der Waals surface area (Å²) in [5.41, 5.74) is 1.14. The second-order valence-corrected chi connectivity index (χ2v) is 9.41. The zero-order chi connectivity index (χ0) is 31.5. The number of fused-ring (bicyclic) bond motifs is 2. The van der Waals surface area contributed by atoms with Crippen molar-refractivity contribution in [2.75, 3.05) is 13.1 Å². The molecule has 1 spiro atoms. The summed E-state index contributed by atoms with van der Waals surface area (Å²) in [6, 6.07) is 6.64. The lowest BCUT2D eigenvalue weighted by Crippen LogP contribution is -2.33. The van der Waals surface area contributed by atoms with Gasteiger partial charge in [-0.15, -0.1) is 10.2 Å². The fraction of sp³-hybridized carbons (Fsp3) is 0.417. The summed E-state index contributed by atoms with van der Waals surface area (Å²) in [6.07, 6.45) is -4.88. The Hall–Kier alpha value is -4.35. The largest absolute Gasteiger partial charge is 0.490 e. The molecule has 2 aromatic heterocycles. The van der Waals surface area contributed by atoms with Crippen molar-refractivity contribution < 1.29 is 50.5 Å². The van der Waals surface area contributed by atoms with Crippen molar-refractivity contribution in [2.45, 2.75) is 43.7 Å². The number of aromatic nitrogens is 5. The zero-order valence-corrected chi connectivity index (χ0v) is 21.7. The minimum atomic E-state index is -5.08.